The van der Waals surface area contributed by atoms with Gasteiger partial charge in [0.1, 0.15) is 11.9 Å². The zero-order chi connectivity index (χ0) is 12.6. The highest BCUT2D eigenvalue weighted by molar-refractivity contribution is 5.31. The number of nitrogens with zero attached hydrogens (tertiary/aromatic N) is 1. The quantitative estimate of drug-likeness (QED) is 0.798. The van der Waals surface area contributed by atoms with E-state index in [1.54, 1.807) is 7.11 Å². The van der Waals surface area contributed by atoms with Gasteiger partial charge in [-0.25, -0.2) is 0 Å². The molecule has 0 aliphatic carbocycles. The number of rotatable bonds is 2. The van der Waals surface area contributed by atoms with Crippen LogP contribution in [0.15, 0.2) is 24.3 Å². The molecule has 0 spiro atoms. The lowest BCUT2D eigenvalue weighted by atomic mass is 10.0. The molecule has 0 saturated carbocycles. The second kappa shape index (κ2) is 4.64. The predicted octanol–water partition coefficient (Wildman–Crippen LogP) is 0.792. The smallest absolute Gasteiger partial charge is 0.118 e. The fourth-order valence-corrected chi connectivity index (χ4v) is 2.44. The maximum absolute atomic E-state index is 10.1. The monoisotopic (exact) mass is 237 g/mol. The lowest BCUT2D eigenvalue weighted by Crippen LogP contribution is -2.30. The van der Waals surface area contributed by atoms with Gasteiger partial charge >= 0.3 is 0 Å². The summed E-state index contributed by atoms with van der Waals surface area (Å²) in [6.45, 7) is 1.91. The van der Waals surface area contributed by atoms with Crippen LogP contribution in [-0.2, 0) is 0 Å². The van der Waals surface area contributed by atoms with Gasteiger partial charge in [-0.1, -0.05) is 12.1 Å². The highest BCUT2D eigenvalue weighted by Gasteiger charge is 2.43. The van der Waals surface area contributed by atoms with E-state index in [4.69, 9.17) is 4.74 Å². The van der Waals surface area contributed by atoms with E-state index in [0.29, 0.717) is 0 Å². The van der Waals surface area contributed by atoms with Gasteiger partial charge in [0.05, 0.1) is 19.3 Å². The number of likely N-dealkylation sites (tertiary alicyclic amines) is 1. The van der Waals surface area contributed by atoms with Gasteiger partial charge in [-0.05, 0) is 31.7 Å². The summed E-state index contributed by atoms with van der Waals surface area (Å²) in [6.07, 6.45) is -1.45. The van der Waals surface area contributed by atoms with Gasteiger partial charge in [-0.15, -0.1) is 0 Å². The Morgan fingerprint density at radius 3 is 2.12 bits per heavy atom. The van der Waals surface area contributed by atoms with Gasteiger partial charge in [0.2, 0.25) is 0 Å². The summed E-state index contributed by atoms with van der Waals surface area (Å²) < 4.78 is 5.10. The van der Waals surface area contributed by atoms with Crippen LogP contribution in [0.25, 0.3) is 0 Å². The van der Waals surface area contributed by atoms with Crippen molar-refractivity contribution in [3.63, 3.8) is 0 Å². The van der Waals surface area contributed by atoms with Crippen LogP contribution in [0, 0.1) is 0 Å². The molecular formula is C13H19NO3. The Balaban J connectivity index is 2.26. The zero-order valence-corrected chi connectivity index (χ0v) is 10.4. The molecule has 0 radical (unpaired) electrons. The summed E-state index contributed by atoms with van der Waals surface area (Å²) >= 11 is 0. The molecule has 2 N–H and O–H groups in total. The van der Waals surface area contributed by atoms with Crippen LogP contribution in [0.2, 0.25) is 0 Å². The number of benzene rings is 1. The first-order valence-corrected chi connectivity index (χ1v) is 5.78. The van der Waals surface area contributed by atoms with E-state index in [1.165, 1.54) is 0 Å². The van der Waals surface area contributed by atoms with Crippen molar-refractivity contribution >= 4 is 0 Å². The molecular weight excluding hydrogens is 218 g/mol. The first-order chi connectivity index (χ1) is 8.06. The second-order valence-corrected chi connectivity index (χ2v) is 4.61. The molecule has 4 nitrogen and oxygen atoms in total. The van der Waals surface area contributed by atoms with Gasteiger partial charge in [0.25, 0.3) is 0 Å². The van der Waals surface area contributed by atoms with Crippen LogP contribution in [-0.4, -0.2) is 47.5 Å². The number of ether oxygens (including phenoxy) is 1. The van der Waals surface area contributed by atoms with Crippen molar-refractivity contribution in [3.8, 4) is 5.75 Å². The molecule has 1 aliphatic heterocycles. The molecule has 0 aromatic heterocycles. The number of aliphatic hydroxyl groups is 2. The van der Waals surface area contributed by atoms with Gasteiger partial charge < -0.3 is 14.9 Å². The first-order valence-electron chi connectivity index (χ1n) is 5.78. The first kappa shape index (κ1) is 12.4. The Morgan fingerprint density at radius 1 is 1.12 bits per heavy atom. The number of methoxy groups -OCH3 is 1. The summed E-state index contributed by atoms with van der Waals surface area (Å²) in [6, 6.07) is 7.38. The highest BCUT2D eigenvalue weighted by Crippen LogP contribution is 2.35. The van der Waals surface area contributed by atoms with Gasteiger partial charge in [0.15, 0.2) is 0 Å². The summed E-state index contributed by atoms with van der Waals surface area (Å²) in [5.41, 5.74) is 0.990. The Bertz CT molecular complexity index is 365. The molecule has 1 saturated heterocycles. The van der Waals surface area contributed by atoms with Gasteiger partial charge in [0, 0.05) is 6.04 Å². The highest BCUT2D eigenvalue weighted by atomic mass is 16.5. The fraction of sp³-hybridized carbons (Fsp3) is 0.538. The van der Waals surface area contributed by atoms with Crippen LogP contribution in [0.3, 0.4) is 0 Å². The van der Waals surface area contributed by atoms with Crippen molar-refractivity contribution in [1.82, 2.24) is 4.90 Å². The molecule has 2 rings (SSSR count). The van der Waals surface area contributed by atoms with Crippen LogP contribution in [0.1, 0.15) is 18.5 Å². The minimum absolute atomic E-state index is 0.0444. The summed E-state index contributed by atoms with van der Waals surface area (Å²) in [5.74, 6) is 0.789. The molecule has 0 unspecified atom stereocenters. The molecule has 1 heterocycles. The minimum Gasteiger partial charge on any atom is -0.497 e. The third-order valence-electron chi connectivity index (χ3n) is 3.71. The van der Waals surface area contributed by atoms with E-state index in [2.05, 4.69) is 0 Å². The summed E-state index contributed by atoms with van der Waals surface area (Å²) in [4.78, 5) is 2.00. The number of hydrogen-bond acceptors (Lipinski definition) is 4. The SMILES string of the molecule is COc1ccc([C@@H]2[C@H](O)[C@@H](O)[C@H](C)N2C)cc1. The van der Waals surface area contributed by atoms with E-state index >= 15 is 0 Å². The third kappa shape index (κ3) is 2.04. The molecule has 0 amide bonds. The molecule has 1 aliphatic rings. The number of aliphatic hydroxyl groups excluding tert-OH is 2. The number of likely N-dealkylation sites (N-methyl/N-ethyl adjacent to an activating group) is 1. The largest absolute Gasteiger partial charge is 0.497 e. The van der Waals surface area contributed by atoms with Crippen molar-refractivity contribution in [1.29, 1.82) is 0 Å². The normalized spacial score (nSPS) is 33.9. The van der Waals surface area contributed by atoms with Gasteiger partial charge in [-0.2, -0.15) is 0 Å². The standard InChI is InChI=1S/C13H19NO3/c1-8-12(15)13(16)11(14(8)2)9-4-6-10(17-3)7-5-9/h4-8,11-13,15-16H,1-3H3/t8-,11+,12-,13-/m0/s1. The van der Waals surface area contributed by atoms with Crippen LogP contribution in [0.5, 0.6) is 5.75 Å². The third-order valence-corrected chi connectivity index (χ3v) is 3.71. The maximum atomic E-state index is 10.1. The van der Waals surface area contributed by atoms with E-state index in [0.717, 1.165) is 11.3 Å². The molecule has 4 heteroatoms. The van der Waals surface area contributed by atoms with Crippen LogP contribution < -0.4 is 4.74 Å². The summed E-state index contributed by atoms with van der Waals surface area (Å²) in [5, 5.41) is 19.9. The Kier molecular flexibility index (Phi) is 3.38. The molecule has 4 atom stereocenters. The van der Waals surface area contributed by atoms with Crippen LogP contribution >= 0.6 is 0 Å². The predicted molar refractivity (Wildman–Crippen MR) is 65.0 cm³/mol. The van der Waals surface area contributed by atoms with Gasteiger partial charge in [-0.3, -0.25) is 4.90 Å². The van der Waals surface area contributed by atoms with E-state index in [9.17, 15) is 10.2 Å². The van der Waals surface area contributed by atoms with Crippen molar-refractivity contribution < 1.29 is 14.9 Å². The minimum atomic E-state index is -0.747. The average molecular weight is 237 g/mol. The van der Waals surface area contributed by atoms with E-state index in [-0.39, 0.29) is 12.1 Å². The van der Waals surface area contributed by atoms with Crippen LogP contribution in [0.4, 0.5) is 0 Å². The molecule has 0 bridgehead atoms. The summed E-state index contributed by atoms with van der Waals surface area (Å²) in [7, 11) is 3.54. The average Bonchev–Trinajstić information content (AvgIpc) is 2.54. The Morgan fingerprint density at radius 2 is 1.71 bits per heavy atom. The maximum Gasteiger partial charge on any atom is 0.118 e. The molecule has 1 aromatic rings. The van der Waals surface area contributed by atoms with E-state index < -0.39 is 12.2 Å². The lowest BCUT2D eigenvalue weighted by Gasteiger charge is -2.24. The zero-order valence-electron chi connectivity index (χ0n) is 10.4. The fourth-order valence-electron chi connectivity index (χ4n) is 2.44. The van der Waals surface area contributed by atoms with Crippen molar-refractivity contribution in [2.45, 2.75) is 31.2 Å². The molecule has 94 valence electrons. The number of hydrogen-bond donors (Lipinski definition) is 2. The van der Waals surface area contributed by atoms with Crippen molar-refractivity contribution in [2.24, 2.45) is 0 Å². The lowest BCUT2D eigenvalue weighted by molar-refractivity contribution is 0.0300. The molecule has 1 fully saturated rings. The Labute approximate surface area is 101 Å². The topological polar surface area (TPSA) is 52.9 Å². The molecule has 1 aromatic carbocycles. The van der Waals surface area contributed by atoms with E-state index in [1.807, 2.05) is 43.1 Å². The second-order valence-electron chi connectivity index (χ2n) is 4.61. The Hall–Kier alpha value is -1.10. The van der Waals surface area contributed by atoms with Crippen molar-refractivity contribution in [2.75, 3.05) is 14.2 Å². The van der Waals surface area contributed by atoms with Crippen molar-refractivity contribution in [3.05, 3.63) is 29.8 Å². The molecule has 17 heavy (non-hydrogen) atoms.